The van der Waals surface area contributed by atoms with E-state index < -0.39 is 0 Å². The van der Waals surface area contributed by atoms with Crippen LogP contribution in [0.15, 0.2) is 36.4 Å². The lowest BCUT2D eigenvalue weighted by Gasteiger charge is -2.23. The van der Waals surface area contributed by atoms with Crippen molar-refractivity contribution in [2.45, 2.75) is 50.4 Å². The molecule has 2 atom stereocenters. The van der Waals surface area contributed by atoms with E-state index in [1.165, 1.54) is 18.1 Å². The summed E-state index contributed by atoms with van der Waals surface area (Å²) < 4.78 is 10.8. The van der Waals surface area contributed by atoms with E-state index in [0.717, 1.165) is 5.75 Å². The summed E-state index contributed by atoms with van der Waals surface area (Å²) in [5.74, 6) is 0.626. The molecule has 1 unspecified atom stereocenters. The molecule has 0 saturated carbocycles. The van der Waals surface area contributed by atoms with E-state index in [1.54, 1.807) is 11.8 Å². The van der Waals surface area contributed by atoms with Gasteiger partial charge in [-0.1, -0.05) is 45.0 Å². The summed E-state index contributed by atoms with van der Waals surface area (Å²) in [5, 5.41) is 0. The van der Waals surface area contributed by atoms with Crippen LogP contribution in [0.25, 0.3) is 0 Å². The molecule has 0 radical (unpaired) electrons. The standard InChI is InChI=1S/C18H24O3S/c1-13(19)21-16-9-10-17(20-11-16)22-12-14-5-7-15(8-6-14)18(2,3)4/h5-10,16-17H,11-12H2,1-4H3/t16-,17?/m1/s1. The van der Waals surface area contributed by atoms with Crippen LogP contribution >= 0.6 is 11.8 Å². The van der Waals surface area contributed by atoms with Crippen molar-refractivity contribution in [3.8, 4) is 0 Å². The van der Waals surface area contributed by atoms with Gasteiger partial charge in [-0.2, -0.15) is 0 Å². The number of hydrogen-bond donors (Lipinski definition) is 0. The van der Waals surface area contributed by atoms with E-state index in [-0.39, 0.29) is 22.9 Å². The number of esters is 1. The first-order valence-electron chi connectivity index (χ1n) is 7.53. The van der Waals surface area contributed by atoms with Crippen molar-refractivity contribution in [2.24, 2.45) is 0 Å². The highest BCUT2D eigenvalue weighted by Gasteiger charge is 2.18. The molecule has 0 spiro atoms. The van der Waals surface area contributed by atoms with E-state index in [4.69, 9.17) is 9.47 Å². The summed E-state index contributed by atoms with van der Waals surface area (Å²) in [5.41, 5.74) is 2.84. The number of hydrogen-bond acceptors (Lipinski definition) is 4. The van der Waals surface area contributed by atoms with Crippen molar-refractivity contribution < 1.29 is 14.3 Å². The fraction of sp³-hybridized carbons (Fsp3) is 0.500. The molecular formula is C18H24O3S. The third-order valence-electron chi connectivity index (χ3n) is 3.46. The molecule has 4 heteroatoms. The number of carbonyl (C=O) groups excluding carboxylic acids is 1. The Labute approximate surface area is 137 Å². The molecule has 3 nitrogen and oxygen atoms in total. The molecule has 0 N–H and O–H groups in total. The van der Waals surface area contributed by atoms with Gasteiger partial charge in [-0.15, -0.1) is 11.8 Å². The van der Waals surface area contributed by atoms with Crippen LogP contribution in [0.4, 0.5) is 0 Å². The molecule has 1 heterocycles. The largest absolute Gasteiger partial charge is 0.456 e. The van der Waals surface area contributed by atoms with Gasteiger partial charge in [-0.05, 0) is 28.7 Å². The second-order valence-corrected chi connectivity index (χ2v) is 7.58. The maximum atomic E-state index is 10.9. The number of rotatable bonds is 4. The monoisotopic (exact) mass is 320 g/mol. The average molecular weight is 320 g/mol. The third-order valence-corrected chi connectivity index (χ3v) is 4.58. The predicted octanol–water partition coefficient (Wildman–Crippen LogP) is 4.06. The van der Waals surface area contributed by atoms with Gasteiger partial charge in [0.25, 0.3) is 0 Å². The van der Waals surface area contributed by atoms with Crippen molar-refractivity contribution >= 4 is 17.7 Å². The highest BCUT2D eigenvalue weighted by molar-refractivity contribution is 7.99. The molecular weight excluding hydrogens is 296 g/mol. The molecule has 0 saturated heterocycles. The third kappa shape index (κ3) is 5.18. The zero-order valence-electron chi connectivity index (χ0n) is 13.7. The van der Waals surface area contributed by atoms with Gasteiger partial charge < -0.3 is 9.47 Å². The van der Waals surface area contributed by atoms with Crippen molar-refractivity contribution in [3.05, 3.63) is 47.5 Å². The first-order chi connectivity index (χ1) is 10.3. The Balaban J connectivity index is 1.83. The SMILES string of the molecule is CC(=O)O[C@@H]1C=CC(SCc2ccc(C(C)(C)C)cc2)OC1. The van der Waals surface area contributed by atoms with Crippen LogP contribution in [0.3, 0.4) is 0 Å². The van der Waals surface area contributed by atoms with Crippen LogP contribution in [0, 0.1) is 0 Å². The van der Waals surface area contributed by atoms with Gasteiger partial charge in [-0.3, -0.25) is 4.79 Å². The Morgan fingerprint density at radius 1 is 1.27 bits per heavy atom. The van der Waals surface area contributed by atoms with Crippen LogP contribution in [0.5, 0.6) is 0 Å². The molecule has 1 aliphatic rings. The molecule has 1 aromatic rings. The maximum absolute atomic E-state index is 10.9. The van der Waals surface area contributed by atoms with Crippen molar-refractivity contribution in [1.29, 1.82) is 0 Å². The molecule has 0 aromatic heterocycles. The lowest BCUT2D eigenvalue weighted by atomic mass is 9.87. The highest BCUT2D eigenvalue weighted by Crippen LogP contribution is 2.26. The molecule has 1 aliphatic heterocycles. The molecule has 22 heavy (non-hydrogen) atoms. The molecule has 2 rings (SSSR count). The van der Waals surface area contributed by atoms with Gasteiger partial charge in [0.15, 0.2) is 0 Å². The number of benzene rings is 1. The maximum Gasteiger partial charge on any atom is 0.303 e. The Morgan fingerprint density at radius 3 is 2.45 bits per heavy atom. The van der Waals surface area contributed by atoms with E-state index in [9.17, 15) is 4.79 Å². The van der Waals surface area contributed by atoms with E-state index in [2.05, 4.69) is 45.0 Å². The summed E-state index contributed by atoms with van der Waals surface area (Å²) in [6.45, 7) is 8.50. The Hall–Kier alpha value is -1.26. The molecule has 0 amide bonds. The molecule has 0 aliphatic carbocycles. The Bertz CT molecular complexity index is 528. The van der Waals surface area contributed by atoms with E-state index >= 15 is 0 Å². The van der Waals surface area contributed by atoms with Crippen molar-refractivity contribution in [3.63, 3.8) is 0 Å². The first-order valence-corrected chi connectivity index (χ1v) is 8.57. The van der Waals surface area contributed by atoms with Crippen molar-refractivity contribution in [2.75, 3.05) is 6.61 Å². The van der Waals surface area contributed by atoms with E-state index in [1.807, 2.05) is 12.2 Å². The second-order valence-electron chi connectivity index (χ2n) is 6.49. The molecule has 0 bridgehead atoms. The van der Waals surface area contributed by atoms with Crippen LogP contribution in [-0.4, -0.2) is 24.1 Å². The number of ether oxygens (including phenoxy) is 2. The van der Waals surface area contributed by atoms with Gasteiger partial charge in [0.05, 0.1) is 6.61 Å². The Morgan fingerprint density at radius 2 is 1.95 bits per heavy atom. The predicted molar refractivity (Wildman–Crippen MR) is 90.9 cm³/mol. The zero-order valence-corrected chi connectivity index (χ0v) is 14.5. The summed E-state index contributed by atoms with van der Waals surface area (Å²) in [4.78, 5) is 10.9. The Kier molecular flexibility index (Phi) is 5.70. The van der Waals surface area contributed by atoms with Gasteiger partial charge in [0.2, 0.25) is 0 Å². The normalized spacial score (nSPS) is 21.6. The number of thioether (sulfide) groups is 1. The fourth-order valence-corrected chi connectivity index (χ4v) is 3.11. The van der Waals surface area contributed by atoms with Gasteiger partial charge in [-0.25, -0.2) is 0 Å². The summed E-state index contributed by atoms with van der Waals surface area (Å²) >= 11 is 1.74. The van der Waals surface area contributed by atoms with Crippen LogP contribution in [-0.2, 0) is 25.4 Å². The zero-order chi connectivity index (χ0) is 16.2. The topological polar surface area (TPSA) is 35.5 Å². The van der Waals surface area contributed by atoms with Crippen LogP contribution in [0.1, 0.15) is 38.8 Å². The second kappa shape index (κ2) is 7.34. The van der Waals surface area contributed by atoms with Crippen LogP contribution in [0.2, 0.25) is 0 Å². The highest BCUT2D eigenvalue weighted by atomic mass is 32.2. The van der Waals surface area contributed by atoms with E-state index in [0.29, 0.717) is 6.61 Å². The first kappa shape index (κ1) is 17.1. The van der Waals surface area contributed by atoms with Crippen LogP contribution < -0.4 is 0 Å². The van der Waals surface area contributed by atoms with Gasteiger partial charge in [0.1, 0.15) is 11.5 Å². The van der Waals surface area contributed by atoms with Gasteiger partial charge >= 0.3 is 5.97 Å². The quantitative estimate of drug-likeness (QED) is 0.619. The molecule has 0 fully saturated rings. The summed E-state index contributed by atoms with van der Waals surface area (Å²) in [6.07, 6.45) is 3.62. The summed E-state index contributed by atoms with van der Waals surface area (Å²) in [6, 6.07) is 8.76. The van der Waals surface area contributed by atoms with Gasteiger partial charge in [0, 0.05) is 12.7 Å². The summed E-state index contributed by atoms with van der Waals surface area (Å²) in [7, 11) is 0. The molecule has 120 valence electrons. The van der Waals surface area contributed by atoms with Crippen molar-refractivity contribution in [1.82, 2.24) is 0 Å². The lowest BCUT2D eigenvalue weighted by Crippen LogP contribution is -2.26. The average Bonchev–Trinajstić information content (AvgIpc) is 2.45. The number of carbonyl (C=O) groups is 1. The molecule has 1 aromatic carbocycles. The fourth-order valence-electron chi connectivity index (χ4n) is 2.18. The lowest BCUT2D eigenvalue weighted by molar-refractivity contribution is -0.147. The smallest absolute Gasteiger partial charge is 0.303 e. The minimum atomic E-state index is -0.275. The minimum Gasteiger partial charge on any atom is -0.456 e. The minimum absolute atomic E-state index is 0.0223.